The van der Waals surface area contributed by atoms with Crippen LogP contribution in [0.3, 0.4) is 0 Å². The Hall–Kier alpha value is -1.84. The number of halogens is 1. The van der Waals surface area contributed by atoms with Crippen molar-refractivity contribution < 1.29 is 0 Å². The van der Waals surface area contributed by atoms with Crippen LogP contribution in [0.2, 0.25) is 5.02 Å². The first-order chi connectivity index (χ1) is 10.2. The number of imidazole rings is 1. The normalized spacial score (nSPS) is 11.2. The summed E-state index contributed by atoms with van der Waals surface area (Å²) in [6, 6.07) is 14.4. The third-order valence-electron chi connectivity index (χ3n) is 3.72. The van der Waals surface area contributed by atoms with Crippen molar-refractivity contribution in [2.24, 2.45) is 7.05 Å². The van der Waals surface area contributed by atoms with Crippen LogP contribution in [0, 0.1) is 0 Å². The first kappa shape index (κ1) is 14.1. The Morgan fingerprint density at radius 2 is 2.00 bits per heavy atom. The highest BCUT2D eigenvalue weighted by Gasteiger charge is 2.09. The second-order valence-corrected chi connectivity index (χ2v) is 5.62. The van der Waals surface area contributed by atoms with Gasteiger partial charge in [0.05, 0.1) is 11.0 Å². The van der Waals surface area contributed by atoms with Crippen LogP contribution in [0.5, 0.6) is 0 Å². The molecule has 0 atom stereocenters. The summed E-state index contributed by atoms with van der Waals surface area (Å²) in [5.41, 5.74) is 4.55. The number of hydrogen-bond acceptors (Lipinski definition) is 2. The number of aryl methyl sites for hydroxylation is 1. The molecule has 3 nitrogen and oxygen atoms in total. The number of aromatic nitrogens is 2. The number of nitrogens with zero attached hydrogens (tertiary/aromatic N) is 2. The summed E-state index contributed by atoms with van der Waals surface area (Å²) in [6.07, 6.45) is 0.805. The summed E-state index contributed by atoms with van der Waals surface area (Å²) >= 11 is 6.21. The fourth-order valence-corrected chi connectivity index (χ4v) is 2.78. The summed E-state index contributed by atoms with van der Waals surface area (Å²) in [4.78, 5) is 4.72. The molecule has 21 heavy (non-hydrogen) atoms. The largest absolute Gasteiger partial charge is 0.331 e. The van der Waals surface area contributed by atoms with Gasteiger partial charge >= 0.3 is 0 Å². The fraction of sp³-hybridized carbons (Fsp3) is 0.235. The Kier molecular flexibility index (Phi) is 3.95. The summed E-state index contributed by atoms with van der Waals surface area (Å²) in [7, 11) is 3.99. The molecule has 3 aromatic rings. The summed E-state index contributed by atoms with van der Waals surface area (Å²) in [6.45, 7) is 0.773. The molecule has 0 bridgehead atoms. The molecule has 0 radical (unpaired) electrons. The molecule has 0 saturated heterocycles. The van der Waals surface area contributed by atoms with Crippen LogP contribution in [-0.2, 0) is 20.0 Å². The van der Waals surface area contributed by atoms with Gasteiger partial charge in [-0.25, -0.2) is 4.98 Å². The average molecular weight is 300 g/mol. The van der Waals surface area contributed by atoms with Crippen molar-refractivity contribution >= 4 is 22.6 Å². The second kappa shape index (κ2) is 5.88. The third-order valence-corrected chi connectivity index (χ3v) is 4.09. The predicted molar refractivity (Wildman–Crippen MR) is 87.7 cm³/mol. The Morgan fingerprint density at radius 1 is 1.19 bits per heavy atom. The Morgan fingerprint density at radius 3 is 2.76 bits per heavy atom. The number of nitrogens with one attached hydrogen (secondary N) is 1. The predicted octanol–water partition coefficient (Wildman–Crippen LogP) is 3.54. The van der Waals surface area contributed by atoms with Gasteiger partial charge in [-0.3, -0.25) is 0 Å². The van der Waals surface area contributed by atoms with Gasteiger partial charge in [0.25, 0.3) is 0 Å². The molecular weight excluding hydrogens is 282 g/mol. The minimum Gasteiger partial charge on any atom is -0.331 e. The molecule has 0 aliphatic heterocycles. The van der Waals surface area contributed by atoms with E-state index in [2.05, 4.69) is 35.1 Å². The summed E-state index contributed by atoms with van der Waals surface area (Å²) in [5.74, 6) is 1.06. The molecule has 0 spiro atoms. The summed E-state index contributed by atoms with van der Waals surface area (Å²) < 4.78 is 2.15. The van der Waals surface area contributed by atoms with E-state index in [1.165, 1.54) is 5.56 Å². The van der Waals surface area contributed by atoms with E-state index in [1.54, 1.807) is 0 Å². The molecule has 0 amide bonds. The van der Waals surface area contributed by atoms with E-state index >= 15 is 0 Å². The number of benzene rings is 2. The first-order valence-electron chi connectivity index (χ1n) is 7.01. The molecular formula is C17H18ClN3. The highest BCUT2D eigenvalue weighted by Crippen LogP contribution is 2.21. The lowest BCUT2D eigenvalue weighted by molar-refractivity contribution is 0.812. The molecule has 1 aromatic heterocycles. The zero-order valence-electron chi connectivity index (χ0n) is 12.2. The SMILES string of the molecule is CNCc1cc(Cc2nc3ccccc3n2C)ccc1Cl. The van der Waals surface area contributed by atoms with Crippen molar-refractivity contribution in [3.63, 3.8) is 0 Å². The molecule has 1 heterocycles. The molecule has 0 unspecified atom stereocenters. The van der Waals surface area contributed by atoms with Gasteiger partial charge in [0, 0.05) is 25.0 Å². The standard InChI is InChI=1S/C17H18ClN3/c1-19-11-13-9-12(7-8-14(13)18)10-17-20-15-5-3-4-6-16(15)21(17)2/h3-9,19H,10-11H2,1-2H3. The van der Waals surface area contributed by atoms with Crippen molar-refractivity contribution in [1.29, 1.82) is 0 Å². The van der Waals surface area contributed by atoms with Crippen molar-refractivity contribution in [1.82, 2.24) is 14.9 Å². The molecule has 0 saturated carbocycles. The minimum atomic E-state index is 0.773. The van der Waals surface area contributed by atoms with Gasteiger partial charge in [-0.1, -0.05) is 35.9 Å². The summed E-state index contributed by atoms with van der Waals surface area (Å²) in [5, 5.41) is 3.95. The van der Waals surface area contributed by atoms with Gasteiger partial charge in [0.1, 0.15) is 5.82 Å². The molecule has 1 N–H and O–H groups in total. The van der Waals surface area contributed by atoms with Gasteiger partial charge in [-0.2, -0.15) is 0 Å². The molecule has 0 aliphatic rings. The van der Waals surface area contributed by atoms with Gasteiger partial charge in [0.15, 0.2) is 0 Å². The topological polar surface area (TPSA) is 29.9 Å². The maximum Gasteiger partial charge on any atom is 0.114 e. The molecule has 2 aromatic carbocycles. The van der Waals surface area contributed by atoms with Crippen molar-refractivity contribution in [2.75, 3.05) is 7.05 Å². The maximum atomic E-state index is 6.21. The van der Waals surface area contributed by atoms with Crippen LogP contribution >= 0.6 is 11.6 Å². The zero-order chi connectivity index (χ0) is 14.8. The Balaban J connectivity index is 1.95. The Labute approximate surface area is 129 Å². The van der Waals surface area contributed by atoms with Crippen LogP contribution < -0.4 is 5.32 Å². The highest BCUT2D eigenvalue weighted by atomic mass is 35.5. The lowest BCUT2D eigenvalue weighted by Gasteiger charge is -2.08. The molecule has 0 aliphatic carbocycles. The van der Waals surface area contributed by atoms with Crippen molar-refractivity contribution in [2.45, 2.75) is 13.0 Å². The quantitative estimate of drug-likeness (QED) is 0.798. The van der Waals surface area contributed by atoms with Crippen molar-refractivity contribution in [3.05, 3.63) is 64.4 Å². The number of para-hydroxylation sites is 2. The van der Waals surface area contributed by atoms with E-state index < -0.39 is 0 Å². The van der Waals surface area contributed by atoms with E-state index in [1.807, 2.05) is 31.3 Å². The van der Waals surface area contributed by atoms with E-state index in [9.17, 15) is 0 Å². The van der Waals surface area contributed by atoms with Crippen LogP contribution in [-0.4, -0.2) is 16.6 Å². The van der Waals surface area contributed by atoms with E-state index in [0.29, 0.717) is 0 Å². The van der Waals surface area contributed by atoms with Crippen LogP contribution in [0.4, 0.5) is 0 Å². The van der Waals surface area contributed by atoms with Gasteiger partial charge in [0.2, 0.25) is 0 Å². The van der Waals surface area contributed by atoms with Crippen molar-refractivity contribution in [3.8, 4) is 0 Å². The van der Waals surface area contributed by atoms with Crippen LogP contribution in [0.1, 0.15) is 17.0 Å². The molecule has 108 valence electrons. The highest BCUT2D eigenvalue weighted by molar-refractivity contribution is 6.31. The lowest BCUT2D eigenvalue weighted by Crippen LogP contribution is -2.06. The lowest BCUT2D eigenvalue weighted by atomic mass is 10.1. The Bertz CT molecular complexity index is 777. The van der Waals surface area contributed by atoms with Gasteiger partial charge in [-0.05, 0) is 36.4 Å². The van der Waals surface area contributed by atoms with Gasteiger partial charge < -0.3 is 9.88 Å². The second-order valence-electron chi connectivity index (χ2n) is 5.21. The average Bonchev–Trinajstić information content (AvgIpc) is 2.80. The smallest absolute Gasteiger partial charge is 0.114 e. The first-order valence-corrected chi connectivity index (χ1v) is 7.39. The van der Waals surface area contributed by atoms with E-state index in [-0.39, 0.29) is 0 Å². The third kappa shape index (κ3) is 2.80. The fourth-order valence-electron chi connectivity index (χ4n) is 2.60. The molecule has 0 fully saturated rings. The zero-order valence-corrected chi connectivity index (χ0v) is 13.0. The van der Waals surface area contributed by atoms with Gasteiger partial charge in [-0.15, -0.1) is 0 Å². The monoisotopic (exact) mass is 299 g/mol. The number of rotatable bonds is 4. The number of fused-ring (bicyclic) bond motifs is 1. The number of hydrogen-bond donors (Lipinski definition) is 1. The molecule has 3 rings (SSSR count). The van der Waals surface area contributed by atoms with Crippen LogP contribution in [0.25, 0.3) is 11.0 Å². The van der Waals surface area contributed by atoms with E-state index in [0.717, 1.165) is 40.4 Å². The molecule has 4 heteroatoms. The maximum absolute atomic E-state index is 6.21. The van der Waals surface area contributed by atoms with Crippen LogP contribution in [0.15, 0.2) is 42.5 Å². The van der Waals surface area contributed by atoms with E-state index in [4.69, 9.17) is 16.6 Å². The minimum absolute atomic E-state index is 0.773.